The van der Waals surface area contributed by atoms with Gasteiger partial charge in [0.05, 0.1) is 12.1 Å². The molecule has 0 amide bonds. The molecule has 3 atom stereocenters. The number of hydrogen-bond donors (Lipinski definition) is 0. The van der Waals surface area contributed by atoms with Gasteiger partial charge >= 0.3 is 5.51 Å². The van der Waals surface area contributed by atoms with E-state index in [4.69, 9.17) is 0 Å². The Bertz CT molecular complexity index is 426. The number of hydrogen-bond acceptors (Lipinski definition) is 7. The van der Waals surface area contributed by atoms with E-state index >= 15 is 0 Å². The Morgan fingerprint density at radius 3 is 1.93 bits per heavy atom. The standard InChI is InChI=1S/C15H26F6S7/c1-6-8-24-13(23-7-2,25-10(3)4)9-11(22-5)14(28-21,26-12(16)17)27-15(18,19)20/h10-12H,6-9H2,1-5H3. The summed E-state index contributed by atoms with van der Waals surface area (Å²) >= 11 is 4.32. The lowest BCUT2D eigenvalue weighted by Crippen LogP contribution is -2.38. The van der Waals surface area contributed by atoms with E-state index in [0.29, 0.717) is 0 Å². The van der Waals surface area contributed by atoms with Crippen LogP contribution in [0.2, 0.25) is 0 Å². The second-order valence-corrected chi connectivity index (χ2v) is 16.4. The average molecular weight is 545 g/mol. The Labute approximate surface area is 194 Å². The second kappa shape index (κ2) is 14.2. The van der Waals surface area contributed by atoms with Crippen LogP contribution in [-0.2, 0) is 0 Å². The molecule has 0 aromatic carbocycles. The van der Waals surface area contributed by atoms with E-state index < -0.39 is 47.2 Å². The molecule has 0 radical (unpaired) electrons. The largest absolute Gasteiger partial charge is 0.444 e. The molecular weight excluding hydrogens is 519 g/mol. The third-order valence-electron chi connectivity index (χ3n) is 3.04. The first kappa shape index (κ1) is 30.0. The zero-order valence-corrected chi connectivity index (χ0v) is 21.9. The van der Waals surface area contributed by atoms with E-state index in [1.807, 2.05) is 27.7 Å². The van der Waals surface area contributed by atoms with Gasteiger partial charge in [0.15, 0.2) is 3.41 Å². The average Bonchev–Trinajstić information content (AvgIpc) is 2.55. The highest BCUT2D eigenvalue weighted by molar-refractivity contribution is 8.34. The minimum Gasteiger partial charge on any atom is -0.198 e. The molecule has 0 spiro atoms. The monoisotopic (exact) mass is 544 g/mol. The molecule has 0 saturated carbocycles. The lowest BCUT2D eigenvalue weighted by molar-refractivity contribution is -0.0331. The summed E-state index contributed by atoms with van der Waals surface area (Å²) in [6.45, 7) is 7.95. The van der Waals surface area contributed by atoms with Gasteiger partial charge in [0.1, 0.15) is 3.41 Å². The van der Waals surface area contributed by atoms with Gasteiger partial charge in [-0.05, 0) is 42.4 Å². The summed E-state index contributed by atoms with van der Waals surface area (Å²) in [4.78, 5) is 0. The fourth-order valence-electron chi connectivity index (χ4n) is 2.23. The van der Waals surface area contributed by atoms with E-state index in [-0.39, 0.29) is 23.4 Å². The quantitative estimate of drug-likeness (QED) is 0.147. The third-order valence-corrected chi connectivity index (χ3v) is 13.2. The van der Waals surface area contributed by atoms with Crippen LogP contribution in [0.1, 0.15) is 40.5 Å². The molecule has 13 heteroatoms. The molecule has 0 N–H and O–H groups in total. The van der Waals surface area contributed by atoms with Crippen molar-refractivity contribution in [2.45, 2.75) is 69.1 Å². The Morgan fingerprint density at radius 1 is 0.964 bits per heavy atom. The van der Waals surface area contributed by atoms with Gasteiger partial charge in [-0.3, -0.25) is 0 Å². The minimum absolute atomic E-state index is 0.180. The molecule has 0 bridgehead atoms. The van der Waals surface area contributed by atoms with Gasteiger partial charge in [-0.2, -0.15) is 37.6 Å². The molecule has 0 aromatic heterocycles. The van der Waals surface area contributed by atoms with Crippen molar-refractivity contribution in [3.05, 3.63) is 0 Å². The van der Waals surface area contributed by atoms with Crippen LogP contribution >= 0.6 is 82.7 Å². The van der Waals surface area contributed by atoms with Crippen LogP contribution in [-0.4, -0.2) is 46.3 Å². The number of halogens is 6. The maximum atomic E-state index is 13.9. The Kier molecular flexibility index (Phi) is 15.3. The Hall–Kier alpha value is 2.03. The molecule has 0 aliphatic carbocycles. The highest BCUT2D eigenvalue weighted by Gasteiger charge is 2.54. The molecule has 0 saturated heterocycles. The van der Waals surface area contributed by atoms with Gasteiger partial charge in [-0.25, -0.2) is 0 Å². The van der Waals surface area contributed by atoms with Gasteiger partial charge in [0.2, 0.25) is 0 Å². The lowest BCUT2D eigenvalue weighted by Gasteiger charge is -2.41. The summed E-state index contributed by atoms with van der Waals surface area (Å²) in [5.41, 5.74) is -4.82. The van der Waals surface area contributed by atoms with E-state index in [2.05, 4.69) is 0 Å². The van der Waals surface area contributed by atoms with Gasteiger partial charge in [-0.1, -0.05) is 39.5 Å². The van der Waals surface area contributed by atoms with Crippen LogP contribution in [0.4, 0.5) is 25.8 Å². The maximum absolute atomic E-state index is 13.9. The van der Waals surface area contributed by atoms with Crippen LogP contribution < -0.4 is 0 Å². The first-order valence-electron chi connectivity index (χ1n) is 8.40. The molecule has 0 heterocycles. The van der Waals surface area contributed by atoms with Crippen molar-refractivity contribution < 1.29 is 25.8 Å². The lowest BCUT2D eigenvalue weighted by atomic mass is 10.3. The van der Waals surface area contributed by atoms with Crippen LogP contribution in [0, 0.1) is 0 Å². The summed E-state index contributed by atoms with van der Waals surface area (Å²) in [5, 5.41) is -0.779. The van der Waals surface area contributed by atoms with Crippen molar-refractivity contribution in [1.82, 2.24) is 0 Å². The second-order valence-electron chi connectivity index (χ2n) is 5.67. The van der Waals surface area contributed by atoms with Gasteiger partial charge in [0, 0.05) is 10.5 Å². The molecule has 0 nitrogen and oxygen atoms in total. The van der Waals surface area contributed by atoms with E-state index in [9.17, 15) is 25.8 Å². The Balaban J connectivity index is 6.03. The van der Waals surface area contributed by atoms with Gasteiger partial charge in [0.25, 0.3) is 5.76 Å². The van der Waals surface area contributed by atoms with Crippen molar-refractivity contribution >= 4 is 82.7 Å². The maximum Gasteiger partial charge on any atom is 0.444 e. The first-order chi connectivity index (χ1) is 12.9. The molecular formula is C15H26F6S7. The summed E-state index contributed by atoms with van der Waals surface area (Å²) in [7, 11) is 0. The molecule has 0 aliphatic rings. The highest BCUT2D eigenvalue weighted by atomic mass is 32.3. The predicted octanol–water partition coefficient (Wildman–Crippen LogP) is 9.28. The van der Waals surface area contributed by atoms with Crippen molar-refractivity contribution in [1.29, 1.82) is 0 Å². The number of thioether (sulfide) groups is 6. The van der Waals surface area contributed by atoms with Crippen LogP contribution in [0.15, 0.2) is 0 Å². The van der Waals surface area contributed by atoms with Gasteiger partial charge < -0.3 is 0 Å². The first-order valence-corrected chi connectivity index (χ1v) is 15.0. The smallest absolute Gasteiger partial charge is 0.198 e. The fraction of sp³-hybridized carbons (Fsp3) is 1.00. The topological polar surface area (TPSA) is 0 Å². The van der Waals surface area contributed by atoms with Crippen molar-refractivity contribution in [3.63, 3.8) is 0 Å². The van der Waals surface area contributed by atoms with Crippen molar-refractivity contribution in [2.75, 3.05) is 17.8 Å². The number of rotatable bonds is 15. The Morgan fingerprint density at radius 2 is 1.57 bits per heavy atom. The van der Waals surface area contributed by atoms with Gasteiger partial charge in [-0.15, -0.1) is 35.3 Å². The zero-order valence-electron chi connectivity index (χ0n) is 16.2. The molecule has 0 aliphatic heterocycles. The van der Waals surface area contributed by atoms with Crippen molar-refractivity contribution in [2.24, 2.45) is 0 Å². The fourth-order valence-corrected chi connectivity index (χ4v) is 13.0. The van der Waals surface area contributed by atoms with E-state index in [1.165, 1.54) is 0 Å². The number of alkyl halides is 5. The zero-order chi connectivity index (χ0) is 22.0. The third kappa shape index (κ3) is 11.1. The summed E-state index contributed by atoms with van der Waals surface area (Å²) in [5.74, 6) is -1.60. The SMILES string of the molecule is CCCSC(CC(SC)C(SF)(SC(F)F)SC(F)(F)F)(SCC)SC(C)C. The van der Waals surface area contributed by atoms with Crippen molar-refractivity contribution in [3.8, 4) is 0 Å². The molecule has 0 aromatic rings. The summed E-state index contributed by atoms with van der Waals surface area (Å²) in [6.07, 6.45) is 2.62. The highest BCUT2D eigenvalue weighted by Crippen LogP contribution is 2.63. The molecule has 28 heavy (non-hydrogen) atoms. The molecule has 0 rings (SSSR count). The molecule has 0 fully saturated rings. The predicted molar refractivity (Wildman–Crippen MR) is 127 cm³/mol. The van der Waals surface area contributed by atoms with Crippen LogP contribution in [0.5, 0.6) is 0 Å². The summed E-state index contributed by atoms with van der Waals surface area (Å²) < 4.78 is 76.9. The van der Waals surface area contributed by atoms with E-state index in [1.54, 1.807) is 41.5 Å². The van der Waals surface area contributed by atoms with Crippen LogP contribution in [0.25, 0.3) is 0 Å². The molecule has 170 valence electrons. The molecule has 3 unspecified atom stereocenters. The van der Waals surface area contributed by atoms with Crippen LogP contribution in [0.3, 0.4) is 0 Å². The summed E-state index contributed by atoms with van der Waals surface area (Å²) in [6, 6.07) is 0. The normalized spacial score (nSPS) is 18.3. The minimum atomic E-state index is -4.82. The van der Waals surface area contributed by atoms with E-state index in [0.717, 1.165) is 29.7 Å².